The largest absolute Gasteiger partial charge is 0.350 e. The number of carbonyl (C=O) groups excluding carboxylic acids is 1. The van der Waals surface area contributed by atoms with Crippen molar-refractivity contribution in [3.05, 3.63) is 76.3 Å². The summed E-state index contributed by atoms with van der Waals surface area (Å²) in [6.45, 7) is 1.97. The van der Waals surface area contributed by atoms with Gasteiger partial charge in [0.1, 0.15) is 5.82 Å². The highest BCUT2D eigenvalue weighted by molar-refractivity contribution is 5.77. The molecule has 5 heteroatoms. The van der Waals surface area contributed by atoms with E-state index in [1.807, 2.05) is 55.5 Å². The summed E-state index contributed by atoms with van der Waals surface area (Å²) in [6.07, 6.45) is 1.59. The number of hydrogen-bond acceptors (Lipinski definition) is 3. The van der Waals surface area contributed by atoms with E-state index in [0.717, 1.165) is 5.56 Å². The summed E-state index contributed by atoms with van der Waals surface area (Å²) < 4.78 is 0. The van der Waals surface area contributed by atoms with Gasteiger partial charge in [0.2, 0.25) is 5.91 Å². The van der Waals surface area contributed by atoms with E-state index in [-0.39, 0.29) is 17.5 Å². The van der Waals surface area contributed by atoms with Gasteiger partial charge < -0.3 is 10.3 Å². The monoisotopic (exact) mass is 335 g/mol. The first kappa shape index (κ1) is 16.9. The molecule has 5 nitrogen and oxygen atoms in total. The first-order valence-corrected chi connectivity index (χ1v) is 8.46. The normalized spacial score (nSPS) is 12.0. The summed E-state index contributed by atoms with van der Waals surface area (Å²) >= 11 is 0. The van der Waals surface area contributed by atoms with E-state index in [1.165, 1.54) is 0 Å². The van der Waals surface area contributed by atoms with Crippen LogP contribution >= 0.6 is 0 Å². The van der Waals surface area contributed by atoms with Crippen molar-refractivity contribution in [2.24, 2.45) is 0 Å². The Morgan fingerprint density at radius 1 is 1.12 bits per heavy atom. The molecular weight excluding hydrogens is 314 g/mol. The fourth-order valence-electron chi connectivity index (χ4n) is 2.81. The van der Waals surface area contributed by atoms with Gasteiger partial charge in [-0.05, 0) is 31.0 Å². The van der Waals surface area contributed by atoms with Crippen molar-refractivity contribution >= 4 is 16.8 Å². The number of aryl methyl sites for hydroxylation is 1. The smallest absolute Gasteiger partial charge is 0.258 e. The summed E-state index contributed by atoms with van der Waals surface area (Å²) in [5, 5.41) is 3.58. The molecule has 0 spiro atoms. The standard InChI is InChI=1S/C20H21N3O2/c1-14(15-8-3-2-4-9-15)21-19(24)13-7-12-18-22-17-11-6-5-10-16(17)20(25)23-18/h2-6,8-11,14H,7,12-13H2,1H3,(H,21,24)(H,22,23,25)/t14-/m1/s1. The van der Waals surface area contributed by atoms with Crippen LogP contribution in [-0.4, -0.2) is 15.9 Å². The van der Waals surface area contributed by atoms with Gasteiger partial charge in [-0.15, -0.1) is 0 Å². The number of carbonyl (C=O) groups is 1. The second kappa shape index (κ2) is 7.75. The van der Waals surface area contributed by atoms with Crippen LogP contribution in [0.2, 0.25) is 0 Å². The number of rotatable bonds is 6. The van der Waals surface area contributed by atoms with Crippen LogP contribution in [-0.2, 0) is 11.2 Å². The molecule has 1 heterocycles. The van der Waals surface area contributed by atoms with Crippen LogP contribution < -0.4 is 10.9 Å². The Balaban J connectivity index is 1.54. The highest BCUT2D eigenvalue weighted by Crippen LogP contribution is 2.12. The number of hydrogen-bond donors (Lipinski definition) is 2. The van der Waals surface area contributed by atoms with E-state index in [2.05, 4.69) is 15.3 Å². The van der Waals surface area contributed by atoms with Crippen molar-refractivity contribution in [3.8, 4) is 0 Å². The van der Waals surface area contributed by atoms with Gasteiger partial charge >= 0.3 is 0 Å². The average molecular weight is 335 g/mol. The Morgan fingerprint density at radius 3 is 2.64 bits per heavy atom. The number of fused-ring (bicyclic) bond motifs is 1. The minimum Gasteiger partial charge on any atom is -0.350 e. The predicted octanol–water partition coefficient (Wildman–Crippen LogP) is 3.12. The molecule has 0 bridgehead atoms. The summed E-state index contributed by atoms with van der Waals surface area (Å²) in [5.41, 5.74) is 1.63. The molecule has 0 aliphatic carbocycles. The third-order valence-corrected chi connectivity index (χ3v) is 4.16. The molecule has 128 valence electrons. The fourth-order valence-corrected chi connectivity index (χ4v) is 2.81. The van der Waals surface area contributed by atoms with Gasteiger partial charge in [-0.25, -0.2) is 4.98 Å². The van der Waals surface area contributed by atoms with E-state index < -0.39 is 0 Å². The van der Waals surface area contributed by atoms with Crippen LogP contribution in [0.25, 0.3) is 10.9 Å². The van der Waals surface area contributed by atoms with Crippen molar-refractivity contribution < 1.29 is 4.79 Å². The highest BCUT2D eigenvalue weighted by atomic mass is 16.1. The lowest BCUT2D eigenvalue weighted by molar-refractivity contribution is -0.121. The van der Waals surface area contributed by atoms with E-state index in [1.54, 1.807) is 6.07 Å². The minimum atomic E-state index is -0.136. The lowest BCUT2D eigenvalue weighted by Gasteiger charge is -2.14. The molecule has 2 aromatic carbocycles. The molecule has 3 aromatic rings. The minimum absolute atomic E-state index is 0.000473. The number of aromatic amines is 1. The number of para-hydroxylation sites is 1. The van der Waals surface area contributed by atoms with Gasteiger partial charge in [0.15, 0.2) is 0 Å². The van der Waals surface area contributed by atoms with Crippen LogP contribution in [0, 0.1) is 0 Å². The van der Waals surface area contributed by atoms with E-state index >= 15 is 0 Å². The summed E-state index contributed by atoms with van der Waals surface area (Å²) in [4.78, 5) is 31.4. The highest BCUT2D eigenvalue weighted by Gasteiger charge is 2.09. The quantitative estimate of drug-likeness (QED) is 0.727. The number of aromatic nitrogens is 2. The number of amides is 1. The van der Waals surface area contributed by atoms with E-state index in [9.17, 15) is 9.59 Å². The van der Waals surface area contributed by atoms with Gasteiger partial charge in [0.05, 0.1) is 16.9 Å². The maximum absolute atomic E-state index is 12.1. The Hall–Kier alpha value is -2.95. The number of H-pyrrole nitrogens is 1. The molecule has 3 rings (SSSR count). The lowest BCUT2D eigenvalue weighted by atomic mass is 10.1. The zero-order chi connectivity index (χ0) is 17.6. The molecule has 1 amide bonds. The van der Waals surface area contributed by atoms with Crippen LogP contribution in [0.4, 0.5) is 0 Å². The first-order chi connectivity index (χ1) is 12.1. The second-order valence-corrected chi connectivity index (χ2v) is 6.08. The second-order valence-electron chi connectivity index (χ2n) is 6.08. The van der Waals surface area contributed by atoms with Crippen molar-refractivity contribution in [2.45, 2.75) is 32.2 Å². The van der Waals surface area contributed by atoms with Crippen LogP contribution in [0.3, 0.4) is 0 Å². The topological polar surface area (TPSA) is 74.8 Å². The summed E-state index contributed by atoms with van der Waals surface area (Å²) in [5.74, 6) is 0.618. The SMILES string of the molecule is C[C@@H](NC(=O)CCCc1nc2ccccc2c(=O)[nH]1)c1ccccc1. The number of nitrogens with one attached hydrogen (secondary N) is 2. The Kier molecular flexibility index (Phi) is 5.23. The molecule has 0 fully saturated rings. The van der Waals surface area contributed by atoms with Crippen molar-refractivity contribution in [1.29, 1.82) is 0 Å². The van der Waals surface area contributed by atoms with Gasteiger partial charge in [-0.2, -0.15) is 0 Å². The number of benzene rings is 2. The molecule has 1 atom stereocenters. The van der Waals surface area contributed by atoms with Crippen LogP contribution in [0.15, 0.2) is 59.4 Å². The fraction of sp³-hybridized carbons (Fsp3) is 0.250. The molecule has 0 aliphatic heterocycles. The maximum Gasteiger partial charge on any atom is 0.258 e. The maximum atomic E-state index is 12.1. The van der Waals surface area contributed by atoms with Crippen LogP contribution in [0.5, 0.6) is 0 Å². The Bertz CT molecular complexity index is 919. The zero-order valence-corrected chi connectivity index (χ0v) is 14.2. The summed E-state index contributed by atoms with van der Waals surface area (Å²) in [7, 11) is 0. The molecule has 1 aromatic heterocycles. The molecule has 0 unspecified atom stereocenters. The van der Waals surface area contributed by atoms with E-state index in [4.69, 9.17) is 0 Å². The lowest BCUT2D eigenvalue weighted by Crippen LogP contribution is -2.26. The Labute approximate surface area is 146 Å². The molecule has 0 aliphatic rings. The van der Waals surface area contributed by atoms with Crippen molar-refractivity contribution in [2.75, 3.05) is 0 Å². The van der Waals surface area contributed by atoms with Crippen LogP contribution in [0.1, 0.15) is 37.2 Å². The van der Waals surface area contributed by atoms with Crippen molar-refractivity contribution in [1.82, 2.24) is 15.3 Å². The van der Waals surface area contributed by atoms with Gasteiger partial charge in [-0.3, -0.25) is 9.59 Å². The Morgan fingerprint density at radius 2 is 1.84 bits per heavy atom. The molecular formula is C20H21N3O2. The number of nitrogens with zero attached hydrogens (tertiary/aromatic N) is 1. The molecule has 0 radical (unpaired) electrons. The zero-order valence-electron chi connectivity index (χ0n) is 14.2. The van der Waals surface area contributed by atoms with E-state index in [0.29, 0.717) is 36.0 Å². The summed E-state index contributed by atoms with van der Waals surface area (Å²) in [6, 6.07) is 17.1. The average Bonchev–Trinajstić information content (AvgIpc) is 2.62. The molecule has 2 N–H and O–H groups in total. The molecule has 0 saturated heterocycles. The van der Waals surface area contributed by atoms with Gasteiger partial charge in [0.25, 0.3) is 5.56 Å². The first-order valence-electron chi connectivity index (χ1n) is 8.46. The third-order valence-electron chi connectivity index (χ3n) is 4.16. The molecule has 25 heavy (non-hydrogen) atoms. The van der Waals surface area contributed by atoms with Gasteiger partial charge in [0, 0.05) is 12.8 Å². The van der Waals surface area contributed by atoms with Crippen molar-refractivity contribution in [3.63, 3.8) is 0 Å². The van der Waals surface area contributed by atoms with Gasteiger partial charge in [-0.1, -0.05) is 42.5 Å². The predicted molar refractivity (Wildman–Crippen MR) is 98.3 cm³/mol. The molecule has 0 saturated carbocycles. The third kappa shape index (κ3) is 4.32.